The SMILES string of the molecule is CN(C)c1ccc(C(O)C2(C#N)CCCC2)cc1. The summed E-state index contributed by atoms with van der Waals surface area (Å²) in [4.78, 5) is 2.02. The van der Waals surface area contributed by atoms with Crippen LogP contribution in [0.4, 0.5) is 5.69 Å². The van der Waals surface area contributed by atoms with Crippen LogP contribution >= 0.6 is 0 Å². The molecule has 2 rings (SSSR count). The van der Waals surface area contributed by atoms with Crippen LogP contribution in [-0.2, 0) is 0 Å². The van der Waals surface area contributed by atoms with Gasteiger partial charge in [-0.3, -0.25) is 0 Å². The second kappa shape index (κ2) is 4.99. The standard InChI is InChI=1S/C15H20N2O/c1-17(2)13-7-5-12(6-8-13)14(18)15(11-16)9-3-4-10-15/h5-8,14,18H,3-4,9-10H2,1-2H3. The van der Waals surface area contributed by atoms with Gasteiger partial charge in [0.05, 0.1) is 17.6 Å². The van der Waals surface area contributed by atoms with Crippen molar-refractivity contribution in [3.05, 3.63) is 29.8 Å². The van der Waals surface area contributed by atoms with E-state index >= 15 is 0 Å². The maximum Gasteiger partial charge on any atom is 0.0976 e. The number of benzene rings is 1. The first-order valence-electron chi connectivity index (χ1n) is 6.46. The van der Waals surface area contributed by atoms with Gasteiger partial charge < -0.3 is 10.0 Å². The lowest BCUT2D eigenvalue weighted by Gasteiger charge is -2.27. The highest BCUT2D eigenvalue weighted by atomic mass is 16.3. The molecule has 18 heavy (non-hydrogen) atoms. The van der Waals surface area contributed by atoms with Gasteiger partial charge in [-0.2, -0.15) is 5.26 Å². The van der Waals surface area contributed by atoms with E-state index in [9.17, 15) is 10.4 Å². The van der Waals surface area contributed by atoms with E-state index in [1.807, 2.05) is 43.3 Å². The second-order valence-electron chi connectivity index (χ2n) is 5.36. The molecule has 3 nitrogen and oxygen atoms in total. The minimum atomic E-state index is -0.666. The molecular weight excluding hydrogens is 224 g/mol. The number of rotatable bonds is 3. The van der Waals surface area contributed by atoms with E-state index in [0.29, 0.717) is 0 Å². The lowest BCUT2D eigenvalue weighted by atomic mass is 9.79. The number of anilines is 1. The molecule has 0 amide bonds. The van der Waals surface area contributed by atoms with Crippen LogP contribution in [0.25, 0.3) is 0 Å². The van der Waals surface area contributed by atoms with Gasteiger partial charge in [0.15, 0.2) is 0 Å². The zero-order chi connectivity index (χ0) is 13.2. The van der Waals surface area contributed by atoms with Crippen molar-refractivity contribution in [3.8, 4) is 6.07 Å². The molecule has 0 heterocycles. The molecule has 3 heteroatoms. The summed E-state index contributed by atoms with van der Waals surface area (Å²) in [5.74, 6) is 0. The zero-order valence-electron chi connectivity index (χ0n) is 11.1. The maximum atomic E-state index is 10.5. The smallest absolute Gasteiger partial charge is 0.0976 e. The van der Waals surface area contributed by atoms with Crippen LogP contribution in [0, 0.1) is 16.7 Å². The van der Waals surface area contributed by atoms with Crippen LogP contribution in [0.2, 0.25) is 0 Å². The molecule has 0 aliphatic heterocycles. The average Bonchev–Trinajstić information content (AvgIpc) is 2.88. The highest BCUT2D eigenvalue weighted by Crippen LogP contribution is 2.47. The summed E-state index contributed by atoms with van der Waals surface area (Å²) < 4.78 is 0. The summed E-state index contributed by atoms with van der Waals surface area (Å²) in [7, 11) is 3.97. The van der Waals surface area contributed by atoms with Crippen LogP contribution in [-0.4, -0.2) is 19.2 Å². The van der Waals surface area contributed by atoms with Crippen molar-refractivity contribution in [3.63, 3.8) is 0 Å². The molecule has 0 aromatic heterocycles. The molecule has 0 bridgehead atoms. The highest BCUT2D eigenvalue weighted by Gasteiger charge is 2.41. The minimum absolute atomic E-state index is 0.570. The molecule has 1 saturated carbocycles. The van der Waals surface area contributed by atoms with E-state index in [4.69, 9.17) is 0 Å². The summed E-state index contributed by atoms with van der Waals surface area (Å²) >= 11 is 0. The molecule has 0 spiro atoms. The number of nitriles is 1. The number of aliphatic hydroxyl groups is 1. The Bertz CT molecular complexity index is 439. The van der Waals surface area contributed by atoms with Crippen molar-refractivity contribution in [2.75, 3.05) is 19.0 Å². The summed E-state index contributed by atoms with van der Waals surface area (Å²) in [5, 5.41) is 19.8. The predicted octanol–water partition coefficient (Wildman–Crippen LogP) is 2.87. The average molecular weight is 244 g/mol. The van der Waals surface area contributed by atoms with Gasteiger partial charge in [0.1, 0.15) is 0 Å². The largest absolute Gasteiger partial charge is 0.387 e. The molecule has 1 unspecified atom stereocenters. The van der Waals surface area contributed by atoms with E-state index in [1.54, 1.807) is 0 Å². The van der Waals surface area contributed by atoms with Gasteiger partial charge in [0.25, 0.3) is 0 Å². The maximum absolute atomic E-state index is 10.5. The van der Waals surface area contributed by atoms with E-state index in [0.717, 1.165) is 36.9 Å². The fourth-order valence-electron chi connectivity index (χ4n) is 2.73. The topological polar surface area (TPSA) is 47.3 Å². The van der Waals surface area contributed by atoms with Crippen LogP contribution < -0.4 is 4.90 Å². The van der Waals surface area contributed by atoms with Crippen LogP contribution in [0.15, 0.2) is 24.3 Å². The highest BCUT2D eigenvalue weighted by molar-refractivity contribution is 5.46. The summed E-state index contributed by atoms with van der Waals surface area (Å²) in [5.41, 5.74) is 1.38. The Kier molecular flexibility index (Phi) is 3.58. The van der Waals surface area contributed by atoms with Crippen molar-refractivity contribution in [2.24, 2.45) is 5.41 Å². The van der Waals surface area contributed by atoms with Crippen molar-refractivity contribution in [1.82, 2.24) is 0 Å². The lowest BCUT2D eigenvalue weighted by molar-refractivity contribution is 0.0671. The second-order valence-corrected chi connectivity index (χ2v) is 5.36. The van der Waals surface area contributed by atoms with Crippen LogP contribution in [0.3, 0.4) is 0 Å². The Morgan fingerprint density at radius 1 is 1.22 bits per heavy atom. The number of hydrogen-bond donors (Lipinski definition) is 1. The first-order valence-corrected chi connectivity index (χ1v) is 6.46. The monoisotopic (exact) mass is 244 g/mol. The van der Waals surface area contributed by atoms with Gasteiger partial charge in [0, 0.05) is 19.8 Å². The Morgan fingerprint density at radius 2 is 1.78 bits per heavy atom. The molecule has 0 radical (unpaired) electrons. The van der Waals surface area contributed by atoms with Gasteiger partial charge in [-0.15, -0.1) is 0 Å². The van der Waals surface area contributed by atoms with Crippen molar-refractivity contribution in [2.45, 2.75) is 31.8 Å². The first kappa shape index (κ1) is 12.9. The fourth-order valence-corrected chi connectivity index (χ4v) is 2.73. The van der Waals surface area contributed by atoms with Crippen LogP contribution in [0.1, 0.15) is 37.4 Å². The molecule has 1 aromatic carbocycles. The third-order valence-electron chi connectivity index (χ3n) is 3.97. The van der Waals surface area contributed by atoms with Crippen LogP contribution in [0.5, 0.6) is 0 Å². The quantitative estimate of drug-likeness (QED) is 0.889. The third kappa shape index (κ3) is 2.21. The van der Waals surface area contributed by atoms with Gasteiger partial charge in [-0.25, -0.2) is 0 Å². The molecule has 1 aliphatic carbocycles. The molecule has 1 atom stereocenters. The number of aliphatic hydroxyl groups excluding tert-OH is 1. The van der Waals surface area contributed by atoms with E-state index < -0.39 is 11.5 Å². The Balaban J connectivity index is 2.23. The fraction of sp³-hybridized carbons (Fsp3) is 0.533. The zero-order valence-corrected chi connectivity index (χ0v) is 11.1. The Hall–Kier alpha value is -1.53. The number of nitrogens with zero attached hydrogens (tertiary/aromatic N) is 2. The minimum Gasteiger partial charge on any atom is -0.387 e. The first-order chi connectivity index (χ1) is 8.59. The molecule has 1 aliphatic rings. The molecule has 0 saturated heterocycles. The number of hydrogen-bond acceptors (Lipinski definition) is 3. The van der Waals surface area contributed by atoms with E-state index in [-0.39, 0.29) is 0 Å². The summed E-state index contributed by atoms with van der Waals surface area (Å²) in [6.07, 6.45) is 3.03. The third-order valence-corrected chi connectivity index (χ3v) is 3.97. The predicted molar refractivity (Wildman–Crippen MR) is 72.2 cm³/mol. The van der Waals surface area contributed by atoms with Gasteiger partial charge >= 0.3 is 0 Å². The lowest BCUT2D eigenvalue weighted by Crippen LogP contribution is -2.24. The van der Waals surface area contributed by atoms with E-state index in [1.165, 1.54) is 0 Å². The van der Waals surface area contributed by atoms with Gasteiger partial charge in [-0.1, -0.05) is 25.0 Å². The Morgan fingerprint density at radius 3 is 2.22 bits per heavy atom. The summed E-state index contributed by atoms with van der Waals surface area (Å²) in [6, 6.07) is 10.2. The molecule has 96 valence electrons. The molecule has 1 fully saturated rings. The van der Waals surface area contributed by atoms with Crippen molar-refractivity contribution >= 4 is 5.69 Å². The van der Waals surface area contributed by atoms with Gasteiger partial charge in [-0.05, 0) is 30.5 Å². The molecule has 1 N–H and O–H groups in total. The summed E-state index contributed by atoms with van der Waals surface area (Å²) in [6.45, 7) is 0. The van der Waals surface area contributed by atoms with Gasteiger partial charge in [0.2, 0.25) is 0 Å². The molecular formula is C15H20N2O. The normalized spacial score (nSPS) is 19.2. The van der Waals surface area contributed by atoms with Crippen molar-refractivity contribution in [1.29, 1.82) is 5.26 Å². The van der Waals surface area contributed by atoms with Crippen molar-refractivity contribution < 1.29 is 5.11 Å². The Labute approximate surface area is 109 Å². The molecule has 1 aromatic rings. The van der Waals surface area contributed by atoms with E-state index in [2.05, 4.69) is 6.07 Å².